The number of para-hydroxylation sites is 1. The van der Waals surface area contributed by atoms with E-state index in [-0.39, 0.29) is 11.8 Å². The zero-order valence-electron chi connectivity index (χ0n) is 14.4. The van der Waals surface area contributed by atoms with Gasteiger partial charge in [-0.15, -0.1) is 0 Å². The van der Waals surface area contributed by atoms with Gasteiger partial charge < -0.3 is 9.80 Å². The highest BCUT2D eigenvalue weighted by Gasteiger charge is 2.45. The maximum Gasteiger partial charge on any atom is 0.228 e. The lowest BCUT2D eigenvalue weighted by molar-refractivity contribution is -0.141. The van der Waals surface area contributed by atoms with Gasteiger partial charge in [-0.05, 0) is 44.2 Å². The number of hydrogen-bond donors (Lipinski definition) is 0. The summed E-state index contributed by atoms with van der Waals surface area (Å²) in [5.41, 5.74) is 0.459. The monoisotopic (exact) mass is 354 g/mol. The van der Waals surface area contributed by atoms with Crippen LogP contribution in [0.15, 0.2) is 24.3 Å². The maximum absolute atomic E-state index is 13.0. The summed E-state index contributed by atoms with van der Waals surface area (Å²) in [7, 11) is 1.81. The van der Waals surface area contributed by atoms with Crippen LogP contribution in [0.3, 0.4) is 0 Å². The molecule has 0 N–H and O–H groups in total. The van der Waals surface area contributed by atoms with Gasteiger partial charge in [0.25, 0.3) is 0 Å². The molecule has 1 atom stereocenters. The third kappa shape index (κ3) is 2.77. The Morgan fingerprint density at radius 2 is 2.20 bits per heavy atom. The molecule has 1 aliphatic carbocycles. The van der Waals surface area contributed by atoms with E-state index in [9.17, 15) is 10.1 Å². The average molecular weight is 354 g/mol. The van der Waals surface area contributed by atoms with Gasteiger partial charge in [-0.25, -0.2) is 4.98 Å². The summed E-state index contributed by atoms with van der Waals surface area (Å²) >= 11 is 1.69. The lowest BCUT2D eigenvalue weighted by atomic mass is 9.76. The number of rotatable bonds is 3. The van der Waals surface area contributed by atoms with Gasteiger partial charge >= 0.3 is 0 Å². The first-order valence-electron chi connectivity index (χ1n) is 8.92. The number of amides is 1. The van der Waals surface area contributed by atoms with Crippen LogP contribution in [0.4, 0.5) is 5.13 Å². The summed E-state index contributed by atoms with van der Waals surface area (Å²) in [6.45, 7) is 1.64. The van der Waals surface area contributed by atoms with Crippen molar-refractivity contribution in [2.75, 3.05) is 25.0 Å². The number of carbonyl (C=O) groups is 1. The molecule has 25 heavy (non-hydrogen) atoms. The van der Waals surface area contributed by atoms with E-state index in [4.69, 9.17) is 4.98 Å². The van der Waals surface area contributed by atoms with Gasteiger partial charge in [0.2, 0.25) is 5.91 Å². The molecule has 2 heterocycles. The summed E-state index contributed by atoms with van der Waals surface area (Å²) in [6.07, 6.45) is 4.53. The molecule has 1 aromatic heterocycles. The molecular formula is C19H22N4OS. The number of benzene rings is 1. The summed E-state index contributed by atoms with van der Waals surface area (Å²) < 4.78 is 1.18. The van der Waals surface area contributed by atoms with E-state index in [2.05, 4.69) is 17.0 Å². The number of aromatic nitrogens is 1. The van der Waals surface area contributed by atoms with Gasteiger partial charge in [0.1, 0.15) is 5.54 Å². The molecule has 0 unspecified atom stereocenters. The van der Waals surface area contributed by atoms with Gasteiger partial charge in [0.15, 0.2) is 5.13 Å². The summed E-state index contributed by atoms with van der Waals surface area (Å²) in [6, 6.07) is 10.5. The molecule has 0 spiro atoms. The largest absolute Gasteiger partial charge is 0.347 e. The minimum absolute atomic E-state index is 0.0448. The molecule has 1 saturated carbocycles. The molecule has 1 amide bonds. The Bertz CT molecular complexity index is 802. The van der Waals surface area contributed by atoms with E-state index < -0.39 is 5.54 Å². The second-order valence-electron chi connectivity index (χ2n) is 7.14. The van der Waals surface area contributed by atoms with Gasteiger partial charge in [-0.1, -0.05) is 23.5 Å². The quantitative estimate of drug-likeness (QED) is 0.847. The lowest BCUT2D eigenvalue weighted by Gasteiger charge is -2.45. The van der Waals surface area contributed by atoms with E-state index in [1.165, 1.54) is 4.70 Å². The Kier molecular flexibility index (Phi) is 4.12. The average Bonchev–Trinajstić information content (AvgIpc) is 3.05. The number of anilines is 1. The Balaban J connectivity index is 1.51. The van der Waals surface area contributed by atoms with Gasteiger partial charge in [0, 0.05) is 20.1 Å². The number of hydrogen-bond acceptors (Lipinski definition) is 5. The number of nitriles is 1. The molecule has 130 valence electrons. The fraction of sp³-hybridized carbons (Fsp3) is 0.526. The van der Waals surface area contributed by atoms with Crippen molar-refractivity contribution in [2.45, 2.75) is 37.6 Å². The molecule has 1 aliphatic heterocycles. The van der Waals surface area contributed by atoms with Crippen molar-refractivity contribution in [2.24, 2.45) is 5.92 Å². The number of fused-ring (bicyclic) bond motifs is 1. The van der Waals surface area contributed by atoms with E-state index in [1.807, 2.05) is 18.2 Å². The first-order valence-corrected chi connectivity index (χ1v) is 9.74. The molecule has 1 saturated heterocycles. The number of carbonyl (C=O) groups excluding carboxylic acids is 1. The highest BCUT2D eigenvalue weighted by molar-refractivity contribution is 7.22. The number of thiazole rings is 1. The molecule has 5 nitrogen and oxygen atoms in total. The lowest BCUT2D eigenvalue weighted by Crippen LogP contribution is -2.56. The third-order valence-electron chi connectivity index (χ3n) is 5.69. The predicted octanol–water partition coefficient (Wildman–Crippen LogP) is 3.42. The highest BCUT2D eigenvalue weighted by Crippen LogP contribution is 2.38. The van der Waals surface area contributed by atoms with Crippen LogP contribution in [-0.4, -0.2) is 41.5 Å². The third-order valence-corrected chi connectivity index (χ3v) is 6.78. The van der Waals surface area contributed by atoms with Crippen LogP contribution in [0.2, 0.25) is 0 Å². The number of nitrogens with zero attached hydrogens (tertiary/aromatic N) is 4. The molecule has 6 heteroatoms. The van der Waals surface area contributed by atoms with Gasteiger partial charge in [0.05, 0.1) is 22.2 Å². The van der Waals surface area contributed by atoms with Crippen LogP contribution in [0.25, 0.3) is 10.2 Å². The molecule has 2 aromatic rings. The van der Waals surface area contributed by atoms with E-state index in [1.54, 1.807) is 23.3 Å². The molecule has 0 radical (unpaired) electrons. The van der Waals surface area contributed by atoms with Crippen molar-refractivity contribution in [1.82, 2.24) is 9.88 Å². The fourth-order valence-corrected chi connectivity index (χ4v) is 4.87. The summed E-state index contributed by atoms with van der Waals surface area (Å²) in [4.78, 5) is 21.7. The fourth-order valence-electron chi connectivity index (χ4n) is 3.87. The molecule has 2 fully saturated rings. The van der Waals surface area contributed by atoms with Crippen LogP contribution in [0, 0.1) is 17.2 Å². The SMILES string of the molecule is CN(C(=O)[C@H]1CCCN(c2nc3ccccc3s2)C1)C1(C#N)CCC1. The van der Waals surface area contributed by atoms with Crippen molar-refractivity contribution < 1.29 is 4.79 Å². The standard InChI is InChI=1S/C19H22N4OS/c1-22(19(13-20)9-5-10-19)17(24)14-6-4-11-23(12-14)18-21-15-7-2-3-8-16(15)25-18/h2-3,7-8,14H,4-6,9-12H2,1H3/t14-/m0/s1. The first-order chi connectivity index (χ1) is 12.1. The van der Waals surface area contributed by atoms with Crippen LogP contribution >= 0.6 is 11.3 Å². The minimum Gasteiger partial charge on any atom is -0.347 e. The molecule has 2 aliphatic rings. The van der Waals surface area contributed by atoms with E-state index in [0.717, 1.165) is 49.3 Å². The molecular weight excluding hydrogens is 332 g/mol. The van der Waals surface area contributed by atoms with Crippen molar-refractivity contribution in [3.05, 3.63) is 24.3 Å². The molecule has 1 aromatic carbocycles. The van der Waals surface area contributed by atoms with E-state index >= 15 is 0 Å². The molecule has 4 rings (SSSR count). The Morgan fingerprint density at radius 3 is 2.88 bits per heavy atom. The zero-order valence-corrected chi connectivity index (χ0v) is 15.3. The maximum atomic E-state index is 13.0. The van der Waals surface area contributed by atoms with Crippen molar-refractivity contribution >= 4 is 32.6 Å². The second kappa shape index (κ2) is 6.30. The predicted molar refractivity (Wildman–Crippen MR) is 99.5 cm³/mol. The molecule has 0 bridgehead atoms. The van der Waals surface area contributed by atoms with Crippen molar-refractivity contribution in [3.63, 3.8) is 0 Å². The summed E-state index contributed by atoms with van der Waals surface area (Å²) in [5, 5.41) is 10.5. The Morgan fingerprint density at radius 1 is 1.40 bits per heavy atom. The Labute approximate surface area is 151 Å². The number of piperidine rings is 1. The zero-order chi connectivity index (χ0) is 17.4. The highest BCUT2D eigenvalue weighted by atomic mass is 32.1. The van der Waals surface area contributed by atoms with Gasteiger partial charge in [-0.3, -0.25) is 4.79 Å². The second-order valence-corrected chi connectivity index (χ2v) is 8.15. The van der Waals surface area contributed by atoms with Gasteiger partial charge in [-0.2, -0.15) is 5.26 Å². The summed E-state index contributed by atoms with van der Waals surface area (Å²) in [5.74, 6) is 0.0728. The van der Waals surface area contributed by atoms with Crippen LogP contribution in [0.5, 0.6) is 0 Å². The smallest absolute Gasteiger partial charge is 0.228 e. The normalized spacial score (nSPS) is 22.2. The first kappa shape index (κ1) is 16.3. The van der Waals surface area contributed by atoms with Crippen LogP contribution < -0.4 is 4.90 Å². The topological polar surface area (TPSA) is 60.2 Å². The van der Waals surface area contributed by atoms with Crippen molar-refractivity contribution in [3.8, 4) is 6.07 Å². The van der Waals surface area contributed by atoms with E-state index in [0.29, 0.717) is 6.54 Å². The van der Waals surface area contributed by atoms with Crippen molar-refractivity contribution in [1.29, 1.82) is 5.26 Å². The van der Waals surface area contributed by atoms with Crippen LogP contribution in [0.1, 0.15) is 32.1 Å². The Hall–Kier alpha value is -2.13. The van der Waals surface area contributed by atoms with Crippen LogP contribution in [-0.2, 0) is 4.79 Å². The minimum atomic E-state index is -0.560.